The summed E-state index contributed by atoms with van der Waals surface area (Å²) in [6, 6.07) is 2.41. The zero-order chi connectivity index (χ0) is 14.9. The number of Topliss-reactive ketones (excluding diaryl/α,β-unsaturated/α-hetero) is 1. The normalized spacial score (nSPS) is 15.2. The van der Waals surface area contributed by atoms with E-state index in [1.165, 1.54) is 13.0 Å². The number of halogens is 3. The van der Waals surface area contributed by atoms with Gasteiger partial charge < -0.3 is 0 Å². The quantitative estimate of drug-likeness (QED) is 0.607. The molecule has 0 saturated heterocycles. The fraction of sp³-hybridized carbons (Fsp3) is 0.429. The lowest BCUT2D eigenvalue weighted by Crippen LogP contribution is -2.11. The van der Waals surface area contributed by atoms with E-state index in [9.17, 15) is 22.8 Å². The number of hydrogen-bond acceptors (Lipinski definition) is 3. The molecule has 1 saturated carbocycles. The summed E-state index contributed by atoms with van der Waals surface area (Å²) < 4.78 is 38.8. The topological polar surface area (TPSA) is 34.1 Å². The van der Waals surface area contributed by atoms with Crippen LogP contribution in [0.5, 0.6) is 0 Å². The smallest absolute Gasteiger partial charge is 0.299 e. The Labute approximate surface area is 118 Å². The van der Waals surface area contributed by atoms with Crippen LogP contribution >= 0.6 is 11.8 Å². The third-order valence-corrected chi connectivity index (χ3v) is 4.38. The molecule has 1 aromatic rings. The van der Waals surface area contributed by atoms with Crippen molar-refractivity contribution in [2.24, 2.45) is 0 Å². The molecule has 0 N–H and O–H groups in total. The number of carbonyl (C=O) groups excluding carboxylic acids is 2. The number of carbonyl (C=O) groups is 2. The summed E-state index contributed by atoms with van der Waals surface area (Å²) in [5.41, 5.74) is -0.512. The van der Waals surface area contributed by atoms with Crippen LogP contribution < -0.4 is 0 Å². The molecule has 0 bridgehead atoms. The first-order chi connectivity index (χ1) is 9.34. The molecule has 1 aliphatic rings. The number of thioether (sulfide) groups is 1. The number of benzene rings is 1. The van der Waals surface area contributed by atoms with Crippen molar-refractivity contribution < 1.29 is 22.8 Å². The van der Waals surface area contributed by atoms with Crippen LogP contribution in [0.2, 0.25) is 0 Å². The van der Waals surface area contributed by atoms with Gasteiger partial charge in [-0.1, -0.05) is 6.07 Å². The van der Waals surface area contributed by atoms with Crippen LogP contribution in [-0.2, 0) is 11.0 Å². The van der Waals surface area contributed by atoms with Crippen LogP contribution in [0, 0.1) is 0 Å². The summed E-state index contributed by atoms with van der Waals surface area (Å²) >= 11 is 1.02. The van der Waals surface area contributed by atoms with Crippen molar-refractivity contribution >= 4 is 23.8 Å². The average molecular weight is 302 g/mol. The fourth-order valence-corrected chi connectivity index (χ4v) is 3.09. The Bertz CT molecular complexity index is 548. The van der Waals surface area contributed by atoms with Gasteiger partial charge in [0.1, 0.15) is 5.78 Å². The number of ketones is 1. The Morgan fingerprint density at radius 2 is 2.05 bits per heavy atom. The van der Waals surface area contributed by atoms with E-state index in [4.69, 9.17) is 0 Å². The maximum absolute atomic E-state index is 12.9. The molecule has 6 heteroatoms. The molecule has 0 amide bonds. The summed E-state index contributed by atoms with van der Waals surface area (Å²) in [5, 5.41) is 0. The van der Waals surface area contributed by atoms with Crippen LogP contribution in [0.3, 0.4) is 0 Å². The lowest BCUT2D eigenvalue weighted by molar-refractivity contribution is -0.138. The van der Waals surface area contributed by atoms with Crippen LogP contribution in [0.4, 0.5) is 13.2 Å². The molecule has 1 aromatic carbocycles. The van der Waals surface area contributed by atoms with Crippen LogP contribution in [0.1, 0.15) is 47.2 Å². The standard InChI is InChI=1S/C14H13F3O2S/c1-8(19)7-20-13-10(9-2-3-9)4-5-12(11(13)6-18)14(15,16)17/h4-6,9H,2-3,7H2,1H3. The number of alkyl halides is 3. The molecule has 108 valence electrons. The second-order valence-corrected chi connectivity index (χ2v) is 5.81. The van der Waals surface area contributed by atoms with Crippen molar-refractivity contribution in [3.05, 3.63) is 28.8 Å². The zero-order valence-corrected chi connectivity index (χ0v) is 11.6. The predicted molar refractivity (Wildman–Crippen MR) is 70.2 cm³/mol. The highest BCUT2D eigenvalue weighted by Gasteiger charge is 2.37. The van der Waals surface area contributed by atoms with E-state index in [0.29, 0.717) is 4.90 Å². The van der Waals surface area contributed by atoms with Gasteiger partial charge in [0.15, 0.2) is 6.29 Å². The lowest BCUT2D eigenvalue weighted by atomic mass is 10.0. The average Bonchev–Trinajstić information content (AvgIpc) is 3.17. The summed E-state index contributed by atoms with van der Waals surface area (Å²) in [6.45, 7) is 1.37. The van der Waals surface area contributed by atoms with Crippen LogP contribution in [-0.4, -0.2) is 17.8 Å². The molecule has 1 aliphatic carbocycles. The van der Waals surface area contributed by atoms with Crippen molar-refractivity contribution in [1.29, 1.82) is 0 Å². The Balaban J connectivity index is 2.51. The van der Waals surface area contributed by atoms with Crippen LogP contribution in [0.15, 0.2) is 17.0 Å². The molecule has 1 fully saturated rings. The molecule has 0 radical (unpaired) electrons. The van der Waals surface area contributed by atoms with Gasteiger partial charge in [0.05, 0.1) is 11.3 Å². The third kappa shape index (κ3) is 3.23. The Morgan fingerprint density at radius 1 is 1.40 bits per heavy atom. The molecular weight excluding hydrogens is 289 g/mol. The predicted octanol–water partition coefficient (Wildman–Crippen LogP) is 4.08. The largest absolute Gasteiger partial charge is 0.417 e. The van der Waals surface area contributed by atoms with Gasteiger partial charge in [-0.05, 0) is 37.3 Å². The van der Waals surface area contributed by atoms with Gasteiger partial charge >= 0.3 is 6.18 Å². The third-order valence-electron chi connectivity index (χ3n) is 3.09. The van der Waals surface area contributed by atoms with E-state index in [2.05, 4.69) is 0 Å². The van der Waals surface area contributed by atoms with Crippen molar-refractivity contribution in [3.63, 3.8) is 0 Å². The van der Waals surface area contributed by atoms with E-state index < -0.39 is 11.7 Å². The maximum atomic E-state index is 12.9. The second kappa shape index (κ2) is 5.60. The minimum atomic E-state index is -4.57. The van der Waals surface area contributed by atoms with Crippen molar-refractivity contribution in [2.75, 3.05) is 5.75 Å². The Hall–Kier alpha value is -1.30. The highest BCUT2D eigenvalue weighted by atomic mass is 32.2. The molecule has 0 unspecified atom stereocenters. The molecule has 0 heterocycles. The van der Waals surface area contributed by atoms with Crippen molar-refractivity contribution in [1.82, 2.24) is 0 Å². The summed E-state index contributed by atoms with van der Waals surface area (Å²) in [4.78, 5) is 22.5. The SMILES string of the molecule is CC(=O)CSc1c(C2CC2)ccc(C(F)(F)F)c1C=O. The zero-order valence-electron chi connectivity index (χ0n) is 10.8. The minimum absolute atomic E-state index is 0.0713. The van der Waals surface area contributed by atoms with Gasteiger partial charge in [-0.25, -0.2) is 0 Å². The van der Waals surface area contributed by atoms with Gasteiger partial charge in [-0.3, -0.25) is 9.59 Å². The molecular formula is C14H13F3O2S. The second-order valence-electron chi connectivity index (χ2n) is 4.83. The summed E-state index contributed by atoms with van der Waals surface area (Å²) in [5.74, 6) is 0.151. The summed E-state index contributed by atoms with van der Waals surface area (Å²) in [6.07, 6.45) is -2.49. The van der Waals surface area contributed by atoms with Gasteiger partial charge in [0.2, 0.25) is 0 Å². The monoisotopic (exact) mass is 302 g/mol. The number of aldehydes is 1. The maximum Gasteiger partial charge on any atom is 0.417 e. The van der Waals surface area contributed by atoms with E-state index in [1.54, 1.807) is 0 Å². The minimum Gasteiger partial charge on any atom is -0.299 e. The first kappa shape index (κ1) is 15.1. The van der Waals surface area contributed by atoms with E-state index in [1.807, 2.05) is 0 Å². The molecule has 2 rings (SSSR count). The van der Waals surface area contributed by atoms with Gasteiger partial charge in [-0.15, -0.1) is 11.8 Å². The Morgan fingerprint density at radius 3 is 2.50 bits per heavy atom. The van der Waals surface area contributed by atoms with Gasteiger partial charge in [-0.2, -0.15) is 13.2 Å². The number of hydrogen-bond donors (Lipinski definition) is 0. The van der Waals surface area contributed by atoms with Crippen molar-refractivity contribution in [2.45, 2.75) is 36.8 Å². The van der Waals surface area contributed by atoms with Crippen LogP contribution in [0.25, 0.3) is 0 Å². The molecule has 2 nitrogen and oxygen atoms in total. The lowest BCUT2D eigenvalue weighted by Gasteiger charge is -2.16. The molecule has 0 spiro atoms. The highest BCUT2D eigenvalue weighted by molar-refractivity contribution is 8.00. The van der Waals surface area contributed by atoms with Gasteiger partial charge in [0, 0.05) is 10.5 Å². The van der Waals surface area contributed by atoms with E-state index in [-0.39, 0.29) is 29.3 Å². The van der Waals surface area contributed by atoms with Gasteiger partial charge in [0.25, 0.3) is 0 Å². The van der Waals surface area contributed by atoms with E-state index >= 15 is 0 Å². The molecule has 0 aliphatic heterocycles. The fourth-order valence-electron chi connectivity index (χ4n) is 2.03. The molecule has 20 heavy (non-hydrogen) atoms. The molecule has 0 atom stereocenters. The number of rotatable bonds is 5. The Kier molecular flexibility index (Phi) is 4.22. The summed E-state index contributed by atoms with van der Waals surface area (Å²) in [7, 11) is 0. The van der Waals surface area contributed by atoms with E-state index in [0.717, 1.165) is 36.2 Å². The first-order valence-corrected chi connectivity index (χ1v) is 7.14. The molecule has 0 aromatic heterocycles. The van der Waals surface area contributed by atoms with Crippen molar-refractivity contribution in [3.8, 4) is 0 Å². The first-order valence-electron chi connectivity index (χ1n) is 6.16. The highest BCUT2D eigenvalue weighted by Crippen LogP contribution is 2.47.